The third kappa shape index (κ3) is 4.97. The Hall–Kier alpha value is -3.35. The van der Waals surface area contributed by atoms with Crippen LogP contribution in [0.1, 0.15) is 37.0 Å². The van der Waals surface area contributed by atoms with Gasteiger partial charge in [0.15, 0.2) is 0 Å². The summed E-state index contributed by atoms with van der Waals surface area (Å²) in [6.45, 7) is 4.92. The second-order valence-electron chi connectivity index (χ2n) is 7.00. The van der Waals surface area contributed by atoms with E-state index in [-0.39, 0.29) is 37.0 Å². The van der Waals surface area contributed by atoms with E-state index in [1.165, 1.54) is 0 Å². The Morgan fingerprint density at radius 2 is 1.83 bits per heavy atom. The number of esters is 1. The van der Waals surface area contributed by atoms with Gasteiger partial charge in [-0.3, -0.25) is 9.59 Å². The Morgan fingerprint density at radius 1 is 1.10 bits per heavy atom. The third-order valence-corrected chi connectivity index (χ3v) is 4.80. The van der Waals surface area contributed by atoms with Crippen molar-refractivity contribution in [2.75, 3.05) is 30.0 Å². The molecule has 158 valence electrons. The molecule has 1 fully saturated rings. The van der Waals surface area contributed by atoms with E-state index in [4.69, 9.17) is 9.47 Å². The molecule has 0 aromatic heterocycles. The summed E-state index contributed by atoms with van der Waals surface area (Å²) in [4.78, 5) is 39.0. The maximum atomic E-state index is 12.8. The molecule has 1 heterocycles. The molecule has 0 spiro atoms. The molecule has 1 aliphatic heterocycles. The van der Waals surface area contributed by atoms with Crippen LogP contribution in [-0.2, 0) is 14.3 Å². The topological polar surface area (TPSA) is 84.9 Å². The predicted octanol–water partition coefficient (Wildman–Crippen LogP) is 3.64. The normalized spacial score (nSPS) is 15.7. The molecule has 3 rings (SSSR count). The second-order valence-corrected chi connectivity index (χ2v) is 7.00. The van der Waals surface area contributed by atoms with Crippen molar-refractivity contribution in [1.29, 1.82) is 0 Å². The molecule has 30 heavy (non-hydrogen) atoms. The Balaban J connectivity index is 1.67. The van der Waals surface area contributed by atoms with Gasteiger partial charge >= 0.3 is 5.97 Å². The lowest BCUT2D eigenvalue weighted by Crippen LogP contribution is -2.28. The van der Waals surface area contributed by atoms with Gasteiger partial charge in [-0.1, -0.05) is 19.1 Å². The van der Waals surface area contributed by atoms with Crippen molar-refractivity contribution in [1.82, 2.24) is 0 Å². The fourth-order valence-corrected chi connectivity index (χ4v) is 3.29. The van der Waals surface area contributed by atoms with Gasteiger partial charge in [-0.05, 0) is 49.7 Å². The largest absolute Gasteiger partial charge is 0.494 e. The molecule has 2 aromatic carbocycles. The molecule has 0 saturated carbocycles. The predicted molar refractivity (Wildman–Crippen MR) is 114 cm³/mol. The summed E-state index contributed by atoms with van der Waals surface area (Å²) in [6, 6.07) is 14.0. The Bertz CT molecular complexity index is 910. The maximum Gasteiger partial charge on any atom is 0.340 e. The van der Waals surface area contributed by atoms with E-state index in [0.717, 1.165) is 17.9 Å². The molecule has 0 aliphatic carbocycles. The molecule has 0 radical (unpaired) electrons. The van der Waals surface area contributed by atoms with Crippen LogP contribution >= 0.6 is 0 Å². The number of amides is 2. The Kier molecular flexibility index (Phi) is 7.06. The van der Waals surface area contributed by atoms with Crippen molar-refractivity contribution < 1.29 is 23.9 Å². The summed E-state index contributed by atoms with van der Waals surface area (Å²) < 4.78 is 10.6. The number of benzene rings is 2. The van der Waals surface area contributed by atoms with E-state index in [0.29, 0.717) is 12.3 Å². The average Bonchev–Trinajstić information content (AvgIpc) is 3.15. The molecule has 1 unspecified atom stereocenters. The SMILES string of the molecule is CCCOc1ccc(N2CC(C(=O)Nc3ccccc3C(=O)OCC)CC2=O)cc1. The Morgan fingerprint density at radius 3 is 2.53 bits per heavy atom. The number of hydrogen-bond acceptors (Lipinski definition) is 5. The van der Waals surface area contributed by atoms with Gasteiger partial charge in [0.05, 0.1) is 30.4 Å². The highest BCUT2D eigenvalue weighted by atomic mass is 16.5. The van der Waals surface area contributed by atoms with Gasteiger partial charge in [0.25, 0.3) is 0 Å². The molecular formula is C23H26N2O5. The number of rotatable bonds is 8. The van der Waals surface area contributed by atoms with E-state index in [1.54, 1.807) is 36.1 Å². The zero-order chi connectivity index (χ0) is 21.5. The molecule has 1 aliphatic rings. The van der Waals surface area contributed by atoms with Gasteiger partial charge in [-0.2, -0.15) is 0 Å². The zero-order valence-electron chi connectivity index (χ0n) is 17.2. The number of anilines is 2. The highest BCUT2D eigenvalue weighted by Gasteiger charge is 2.35. The van der Waals surface area contributed by atoms with Crippen LogP contribution in [0.3, 0.4) is 0 Å². The number of carbonyl (C=O) groups is 3. The van der Waals surface area contributed by atoms with Gasteiger partial charge in [-0.15, -0.1) is 0 Å². The quantitative estimate of drug-likeness (QED) is 0.672. The number of carbonyl (C=O) groups excluding carboxylic acids is 3. The zero-order valence-corrected chi connectivity index (χ0v) is 17.2. The molecule has 1 N–H and O–H groups in total. The first-order valence-corrected chi connectivity index (χ1v) is 10.1. The highest BCUT2D eigenvalue weighted by Crippen LogP contribution is 2.28. The molecule has 0 bridgehead atoms. The van der Waals surface area contributed by atoms with Gasteiger partial charge in [0, 0.05) is 18.7 Å². The molecule has 7 heteroatoms. The van der Waals surface area contributed by atoms with Crippen molar-refractivity contribution in [3.05, 3.63) is 54.1 Å². The summed E-state index contributed by atoms with van der Waals surface area (Å²) >= 11 is 0. The summed E-state index contributed by atoms with van der Waals surface area (Å²) in [5.41, 5.74) is 1.40. The standard InChI is InChI=1S/C23H26N2O5/c1-3-13-30-18-11-9-17(10-12-18)25-15-16(14-21(25)26)22(27)24-20-8-6-5-7-19(20)23(28)29-4-2/h5-12,16H,3-4,13-15H2,1-2H3,(H,24,27). The smallest absolute Gasteiger partial charge is 0.340 e. The number of nitrogens with one attached hydrogen (secondary N) is 1. The lowest BCUT2D eigenvalue weighted by molar-refractivity contribution is -0.122. The lowest BCUT2D eigenvalue weighted by atomic mass is 10.1. The van der Waals surface area contributed by atoms with Gasteiger partial charge in [0.1, 0.15) is 5.75 Å². The fourth-order valence-electron chi connectivity index (χ4n) is 3.29. The minimum Gasteiger partial charge on any atom is -0.494 e. The van der Waals surface area contributed by atoms with Crippen LogP contribution in [0.25, 0.3) is 0 Å². The summed E-state index contributed by atoms with van der Waals surface area (Å²) in [7, 11) is 0. The number of para-hydroxylation sites is 1. The molecule has 2 aromatic rings. The summed E-state index contributed by atoms with van der Waals surface area (Å²) in [6.07, 6.45) is 1.03. The third-order valence-electron chi connectivity index (χ3n) is 4.80. The van der Waals surface area contributed by atoms with Crippen LogP contribution in [0.15, 0.2) is 48.5 Å². The number of ether oxygens (including phenoxy) is 2. The summed E-state index contributed by atoms with van der Waals surface area (Å²) in [5, 5.41) is 2.78. The number of hydrogen-bond donors (Lipinski definition) is 1. The maximum absolute atomic E-state index is 12.8. The van der Waals surface area contributed by atoms with E-state index < -0.39 is 11.9 Å². The number of nitrogens with zero attached hydrogens (tertiary/aromatic N) is 1. The summed E-state index contributed by atoms with van der Waals surface area (Å²) in [5.74, 6) is -0.676. The second kappa shape index (κ2) is 9.91. The highest BCUT2D eigenvalue weighted by molar-refractivity contribution is 6.06. The van der Waals surface area contributed by atoms with Crippen molar-refractivity contribution >= 4 is 29.2 Å². The van der Waals surface area contributed by atoms with E-state index in [2.05, 4.69) is 5.32 Å². The van der Waals surface area contributed by atoms with Crippen molar-refractivity contribution in [2.24, 2.45) is 5.92 Å². The minimum absolute atomic E-state index is 0.113. The first-order chi connectivity index (χ1) is 14.5. The van der Waals surface area contributed by atoms with Crippen molar-refractivity contribution in [3.63, 3.8) is 0 Å². The van der Waals surface area contributed by atoms with E-state index in [1.807, 2.05) is 31.2 Å². The first kappa shape index (κ1) is 21.4. The van der Waals surface area contributed by atoms with Crippen LogP contribution < -0.4 is 15.0 Å². The fraction of sp³-hybridized carbons (Fsp3) is 0.348. The van der Waals surface area contributed by atoms with Crippen molar-refractivity contribution in [3.8, 4) is 5.75 Å². The van der Waals surface area contributed by atoms with E-state index in [9.17, 15) is 14.4 Å². The molecule has 1 atom stereocenters. The molecule has 7 nitrogen and oxygen atoms in total. The van der Waals surface area contributed by atoms with E-state index >= 15 is 0 Å². The van der Waals surface area contributed by atoms with Crippen LogP contribution in [-0.4, -0.2) is 37.5 Å². The van der Waals surface area contributed by atoms with Gasteiger partial charge in [0.2, 0.25) is 11.8 Å². The lowest BCUT2D eigenvalue weighted by Gasteiger charge is -2.17. The van der Waals surface area contributed by atoms with Gasteiger partial charge < -0.3 is 19.7 Å². The average molecular weight is 410 g/mol. The monoisotopic (exact) mass is 410 g/mol. The molecular weight excluding hydrogens is 384 g/mol. The van der Waals surface area contributed by atoms with Crippen LogP contribution in [0.4, 0.5) is 11.4 Å². The van der Waals surface area contributed by atoms with Crippen molar-refractivity contribution in [2.45, 2.75) is 26.7 Å². The van der Waals surface area contributed by atoms with Crippen LogP contribution in [0.5, 0.6) is 5.75 Å². The van der Waals surface area contributed by atoms with Crippen LogP contribution in [0, 0.1) is 5.92 Å². The van der Waals surface area contributed by atoms with Crippen LogP contribution in [0.2, 0.25) is 0 Å². The molecule has 1 saturated heterocycles. The Labute approximate surface area is 176 Å². The van der Waals surface area contributed by atoms with Gasteiger partial charge in [-0.25, -0.2) is 4.79 Å². The first-order valence-electron chi connectivity index (χ1n) is 10.1. The minimum atomic E-state index is -0.510. The molecule has 2 amide bonds.